The molecule has 0 heterocycles. The Balaban J connectivity index is 2.57. The Morgan fingerprint density at radius 2 is 2.05 bits per heavy atom. The van der Waals surface area contributed by atoms with E-state index in [-0.39, 0.29) is 17.9 Å². The summed E-state index contributed by atoms with van der Waals surface area (Å²) in [6, 6.07) is 5.12. The van der Waals surface area contributed by atoms with Crippen molar-refractivity contribution in [1.82, 2.24) is 5.48 Å². The van der Waals surface area contributed by atoms with Gasteiger partial charge in [-0.25, -0.2) is 4.79 Å². The minimum Gasteiger partial charge on any atom is -0.503 e. The normalized spacial score (nSPS) is 11.0. The maximum Gasteiger partial charge on any atom is 0.343 e. The van der Waals surface area contributed by atoms with Crippen molar-refractivity contribution in [3.63, 3.8) is 0 Å². The van der Waals surface area contributed by atoms with Gasteiger partial charge in [0.25, 0.3) is 0 Å². The molecule has 21 heavy (non-hydrogen) atoms. The Bertz CT molecular complexity index is 558. The van der Waals surface area contributed by atoms with Gasteiger partial charge in [0.2, 0.25) is 0 Å². The summed E-state index contributed by atoms with van der Waals surface area (Å²) in [5, 5.41) is 0.903. The molecule has 0 saturated heterocycles. The van der Waals surface area contributed by atoms with Crippen molar-refractivity contribution in [2.75, 3.05) is 14.2 Å². The van der Waals surface area contributed by atoms with Crippen LogP contribution in [0.15, 0.2) is 42.3 Å². The number of rotatable bonds is 7. The summed E-state index contributed by atoms with van der Waals surface area (Å²) in [5.74, 6) is -0.590. The molecule has 7 heteroatoms. The number of hydroxylamine groups is 1. The van der Waals surface area contributed by atoms with Gasteiger partial charge in [-0.3, -0.25) is 10.3 Å². The average Bonchev–Trinajstić information content (AvgIpc) is 2.47. The van der Waals surface area contributed by atoms with E-state index < -0.39 is 5.97 Å². The van der Waals surface area contributed by atoms with Gasteiger partial charge in [-0.15, -0.1) is 0 Å². The van der Waals surface area contributed by atoms with Gasteiger partial charge in [-0.05, 0) is 17.7 Å². The topological polar surface area (TPSA) is 56.8 Å². The van der Waals surface area contributed by atoms with Crippen molar-refractivity contribution in [2.45, 2.75) is 6.61 Å². The van der Waals surface area contributed by atoms with Gasteiger partial charge in [0.15, 0.2) is 0 Å². The van der Waals surface area contributed by atoms with E-state index in [4.69, 9.17) is 32.8 Å². The van der Waals surface area contributed by atoms with Crippen LogP contribution in [-0.2, 0) is 25.7 Å². The zero-order chi connectivity index (χ0) is 15.8. The van der Waals surface area contributed by atoms with Gasteiger partial charge in [0.1, 0.15) is 5.57 Å². The van der Waals surface area contributed by atoms with Crippen LogP contribution in [0.2, 0.25) is 10.0 Å². The van der Waals surface area contributed by atoms with Crippen LogP contribution in [0.4, 0.5) is 0 Å². The SMILES string of the molecule is C=C(NOCc1ccc(Cl)c(Cl)c1)C(=COC)C(=O)OC. The van der Waals surface area contributed by atoms with Crippen molar-refractivity contribution in [1.29, 1.82) is 0 Å². The van der Waals surface area contributed by atoms with Gasteiger partial charge < -0.3 is 9.47 Å². The fourth-order valence-corrected chi connectivity index (χ4v) is 1.68. The molecular weight excluding hydrogens is 317 g/mol. The van der Waals surface area contributed by atoms with E-state index in [1.165, 1.54) is 20.5 Å². The minimum absolute atomic E-state index is 0.120. The van der Waals surface area contributed by atoms with E-state index in [1.807, 2.05) is 0 Å². The van der Waals surface area contributed by atoms with Crippen molar-refractivity contribution in [2.24, 2.45) is 0 Å². The van der Waals surface area contributed by atoms with Crippen molar-refractivity contribution in [3.8, 4) is 0 Å². The molecule has 0 fully saturated rings. The van der Waals surface area contributed by atoms with Gasteiger partial charge in [0, 0.05) is 0 Å². The van der Waals surface area contributed by atoms with Crippen LogP contribution >= 0.6 is 23.2 Å². The number of benzene rings is 1. The molecule has 0 atom stereocenters. The number of hydrogen-bond acceptors (Lipinski definition) is 5. The summed E-state index contributed by atoms with van der Waals surface area (Å²) in [6.07, 6.45) is 1.21. The van der Waals surface area contributed by atoms with E-state index in [0.29, 0.717) is 10.0 Å². The molecule has 0 aliphatic heterocycles. The largest absolute Gasteiger partial charge is 0.503 e. The molecule has 0 aliphatic carbocycles. The Hall–Kier alpha value is -1.69. The predicted molar refractivity (Wildman–Crippen MR) is 80.6 cm³/mol. The second-order valence-electron chi connectivity index (χ2n) is 3.88. The molecule has 1 aromatic rings. The maximum atomic E-state index is 11.5. The zero-order valence-electron chi connectivity index (χ0n) is 11.6. The third-order valence-electron chi connectivity index (χ3n) is 2.38. The monoisotopic (exact) mass is 331 g/mol. The lowest BCUT2D eigenvalue weighted by molar-refractivity contribution is -0.136. The Morgan fingerprint density at radius 1 is 1.33 bits per heavy atom. The number of ether oxygens (including phenoxy) is 2. The van der Waals surface area contributed by atoms with Crippen LogP contribution in [0.25, 0.3) is 0 Å². The van der Waals surface area contributed by atoms with Crippen LogP contribution in [0, 0.1) is 0 Å². The smallest absolute Gasteiger partial charge is 0.343 e. The first-order valence-electron chi connectivity index (χ1n) is 5.82. The first kappa shape index (κ1) is 17.4. The molecule has 5 nitrogen and oxygen atoms in total. The Labute approximate surface area is 133 Å². The van der Waals surface area contributed by atoms with Crippen LogP contribution in [-0.4, -0.2) is 20.2 Å². The molecule has 114 valence electrons. The Kier molecular flexibility index (Phi) is 7.08. The number of hydrogen-bond donors (Lipinski definition) is 1. The molecule has 0 saturated carbocycles. The number of methoxy groups -OCH3 is 2. The quantitative estimate of drug-likeness (QED) is 0.273. The molecule has 0 aliphatic rings. The summed E-state index contributed by atoms with van der Waals surface area (Å²) < 4.78 is 9.39. The fraction of sp³-hybridized carbons (Fsp3) is 0.214. The van der Waals surface area contributed by atoms with Gasteiger partial charge in [-0.1, -0.05) is 35.8 Å². The zero-order valence-corrected chi connectivity index (χ0v) is 13.1. The highest BCUT2D eigenvalue weighted by Crippen LogP contribution is 2.22. The molecular formula is C14H15Cl2NO4. The van der Waals surface area contributed by atoms with Crippen molar-refractivity contribution in [3.05, 3.63) is 57.9 Å². The molecule has 1 aromatic carbocycles. The lowest BCUT2D eigenvalue weighted by Gasteiger charge is -2.11. The maximum absolute atomic E-state index is 11.5. The first-order valence-corrected chi connectivity index (χ1v) is 6.57. The van der Waals surface area contributed by atoms with Crippen LogP contribution < -0.4 is 5.48 Å². The number of halogens is 2. The number of nitrogens with one attached hydrogen (secondary N) is 1. The van der Waals surface area contributed by atoms with Gasteiger partial charge in [0.05, 0.1) is 42.8 Å². The van der Waals surface area contributed by atoms with Crippen LogP contribution in [0.1, 0.15) is 5.56 Å². The van der Waals surface area contributed by atoms with E-state index in [0.717, 1.165) is 5.56 Å². The summed E-state index contributed by atoms with van der Waals surface area (Å²) >= 11 is 11.7. The predicted octanol–water partition coefficient (Wildman–Crippen LogP) is 3.23. The average molecular weight is 332 g/mol. The second kappa shape index (κ2) is 8.56. The standard InChI is InChI=1S/C14H15Cl2NO4/c1-9(11(8-19-2)14(18)20-3)17-21-7-10-4-5-12(15)13(16)6-10/h4-6,8,17H,1,7H2,2-3H3. The van der Waals surface area contributed by atoms with Crippen LogP contribution in [0.5, 0.6) is 0 Å². The molecule has 0 unspecified atom stereocenters. The van der Waals surface area contributed by atoms with Crippen molar-refractivity contribution >= 4 is 29.2 Å². The number of esters is 1. The molecule has 1 N–H and O–H groups in total. The lowest BCUT2D eigenvalue weighted by atomic mass is 10.2. The third-order valence-corrected chi connectivity index (χ3v) is 3.12. The second-order valence-corrected chi connectivity index (χ2v) is 4.69. The number of carbonyl (C=O) groups is 1. The molecule has 0 spiro atoms. The van der Waals surface area contributed by atoms with E-state index in [2.05, 4.69) is 16.8 Å². The molecule has 0 bridgehead atoms. The van der Waals surface area contributed by atoms with Gasteiger partial charge in [-0.2, -0.15) is 0 Å². The molecule has 0 radical (unpaired) electrons. The fourth-order valence-electron chi connectivity index (χ4n) is 1.36. The number of carbonyl (C=O) groups excluding carboxylic acids is 1. The first-order chi connectivity index (χ1) is 9.99. The van der Waals surface area contributed by atoms with E-state index in [9.17, 15) is 4.79 Å². The minimum atomic E-state index is -0.590. The Morgan fingerprint density at radius 3 is 2.62 bits per heavy atom. The highest BCUT2D eigenvalue weighted by Gasteiger charge is 2.14. The summed E-state index contributed by atoms with van der Waals surface area (Å²) in [7, 11) is 2.67. The molecule has 0 amide bonds. The summed E-state index contributed by atoms with van der Waals surface area (Å²) in [4.78, 5) is 16.7. The van der Waals surface area contributed by atoms with Crippen molar-refractivity contribution < 1.29 is 19.1 Å². The summed E-state index contributed by atoms with van der Waals surface area (Å²) in [6.45, 7) is 3.88. The third kappa shape index (κ3) is 5.30. The lowest BCUT2D eigenvalue weighted by Crippen LogP contribution is -2.19. The van der Waals surface area contributed by atoms with E-state index in [1.54, 1.807) is 18.2 Å². The molecule has 1 rings (SSSR count). The highest BCUT2D eigenvalue weighted by molar-refractivity contribution is 6.42. The van der Waals surface area contributed by atoms with Gasteiger partial charge >= 0.3 is 5.97 Å². The van der Waals surface area contributed by atoms with Crippen LogP contribution in [0.3, 0.4) is 0 Å². The molecule has 0 aromatic heterocycles. The highest BCUT2D eigenvalue weighted by atomic mass is 35.5. The van der Waals surface area contributed by atoms with E-state index >= 15 is 0 Å². The summed E-state index contributed by atoms with van der Waals surface area (Å²) in [5.41, 5.74) is 3.68.